The Balaban J connectivity index is 1.26. The summed E-state index contributed by atoms with van der Waals surface area (Å²) in [6.45, 7) is 1.33. The molecule has 6 rings (SSSR count). The molecule has 0 unspecified atom stereocenters. The van der Waals surface area contributed by atoms with E-state index in [9.17, 15) is 4.79 Å². The first-order valence-corrected chi connectivity index (χ1v) is 12.9. The van der Waals surface area contributed by atoms with Crippen LogP contribution in [0.3, 0.4) is 0 Å². The van der Waals surface area contributed by atoms with Crippen molar-refractivity contribution in [3.63, 3.8) is 0 Å². The molecular weight excluding hydrogens is 493 g/mol. The van der Waals surface area contributed by atoms with Gasteiger partial charge in [-0.1, -0.05) is 0 Å². The van der Waals surface area contributed by atoms with Crippen molar-refractivity contribution < 1.29 is 19.1 Å². The van der Waals surface area contributed by atoms with Crippen LogP contribution in [0.4, 0.5) is 11.5 Å². The van der Waals surface area contributed by atoms with Gasteiger partial charge in [0.05, 0.1) is 23.3 Å². The SMILES string of the molecule is Nc1ccc(C(=O)c2nc3nc(N4CCC(OP(O)O)CC4)ccc3[nH]2)cc1-c1cncc2[nH]ccc12. The Bertz CT molecular complexity index is 1610. The van der Waals surface area contributed by atoms with Crippen molar-refractivity contribution in [1.82, 2.24) is 24.9 Å². The molecule has 0 spiro atoms. The Kier molecular flexibility index (Phi) is 6.05. The Hall–Kier alpha value is -3.89. The largest absolute Gasteiger partial charge is 0.398 e. The average molecular weight is 517 g/mol. The molecule has 1 aliphatic heterocycles. The number of benzene rings is 1. The number of nitrogens with one attached hydrogen (secondary N) is 2. The Morgan fingerprint density at radius 1 is 1.05 bits per heavy atom. The summed E-state index contributed by atoms with van der Waals surface area (Å²) in [5.41, 5.74) is 10.8. The van der Waals surface area contributed by atoms with Gasteiger partial charge in [0.2, 0.25) is 5.78 Å². The number of fused-ring (bicyclic) bond motifs is 2. The van der Waals surface area contributed by atoms with Crippen molar-refractivity contribution in [3.05, 3.63) is 66.4 Å². The topological polar surface area (TPSA) is 166 Å². The van der Waals surface area contributed by atoms with Crippen LogP contribution in [0.5, 0.6) is 0 Å². The molecule has 5 heterocycles. The van der Waals surface area contributed by atoms with Gasteiger partial charge in [-0.15, -0.1) is 0 Å². The normalized spacial score (nSPS) is 14.7. The second-order valence-corrected chi connectivity index (χ2v) is 9.64. The van der Waals surface area contributed by atoms with Crippen LogP contribution in [0.1, 0.15) is 29.0 Å². The third kappa shape index (κ3) is 4.54. The highest BCUT2D eigenvalue weighted by Gasteiger charge is 2.24. The molecule has 0 aliphatic carbocycles. The van der Waals surface area contributed by atoms with Crippen LogP contribution in [-0.4, -0.2) is 59.7 Å². The molecular formula is C25H24N7O4P. The van der Waals surface area contributed by atoms with Gasteiger partial charge in [0.25, 0.3) is 0 Å². The van der Waals surface area contributed by atoms with E-state index in [-0.39, 0.29) is 17.7 Å². The maximum Gasteiger partial charge on any atom is 0.327 e. The molecule has 188 valence electrons. The molecule has 1 saturated heterocycles. The number of piperidine rings is 1. The van der Waals surface area contributed by atoms with E-state index in [0.717, 1.165) is 27.8 Å². The highest BCUT2D eigenvalue weighted by molar-refractivity contribution is 7.39. The van der Waals surface area contributed by atoms with E-state index in [1.54, 1.807) is 30.6 Å². The van der Waals surface area contributed by atoms with Crippen LogP contribution in [0, 0.1) is 0 Å². The number of aromatic amines is 2. The number of carbonyl (C=O) groups is 1. The van der Waals surface area contributed by atoms with Crippen molar-refractivity contribution in [2.24, 2.45) is 0 Å². The second-order valence-electron chi connectivity index (χ2n) is 8.93. The molecule has 4 aromatic heterocycles. The fourth-order valence-electron chi connectivity index (χ4n) is 4.75. The molecule has 1 aromatic carbocycles. The fourth-order valence-corrected chi connectivity index (χ4v) is 5.23. The van der Waals surface area contributed by atoms with E-state index in [0.29, 0.717) is 48.3 Å². The minimum absolute atomic E-state index is 0.180. The lowest BCUT2D eigenvalue weighted by atomic mass is 9.98. The van der Waals surface area contributed by atoms with Crippen LogP contribution in [-0.2, 0) is 4.52 Å². The minimum atomic E-state index is -2.35. The number of pyridine rings is 2. The first-order valence-electron chi connectivity index (χ1n) is 11.8. The van der Waals surface area contributed by atoms with E-state index >= 15 is 0 Å². The first-order chi connectivity index (χ1) is 18.0. The van der Waals surface area contributed by atoms with E-state index in [4.69, 9.17) is 20.0 Å². The number of aromatic nitrogens is 5. The lowest BCUT2D eigenvalue weighted by Crippen LogP contribution is -2.36. The minimum Gasteiger partial charge on any atom is -0.398 e. The highest BCUT2D eigenvalue weighted by atomic mass is 31.2. The number of imidazole rings is 1. The number of anilines is 2. The number of ketones is 1. The molecule has 0 amide bonds. The maximum absolute atomic E-state index is 13.4. The number of carbonyl (C=O) groups excluding carboxylic acids is 1. The van der Waals surface area contributed by atoms with Crippen molar-refractivity contribution in [1.29, 1.82) is 0 Å². The number of rotatable bonds is 6. The van der Waals surface area contributed by atoms with Gasteiger partial charge in [-0.2, -0.15) is 0 Å². The summed E-state index contributed by atoms with van der Waals surface area (Å²) in [5.74, 6) is 0.672. The van der Waals surface area contributed by atoms with E-state index in [1.165, 1.54) is 0 Å². The first kappa shape index (κ1) is 23.5. The van der Waals surface area contributed by atoms with Crippen LogP contribution in [0.25, 0.3) is 33.2 Å². The van der Waals surface area contributed by atoms with Gasteiger partial charge in [-0.3, -0.25) is 9.78 Å². The summed E-state index contributed by atoms with van der Waals surface area (Å²) in [4.78, 5) is 53.3. The Morgan fingerprint density at radius 3 is 2.70 bits per heavy atom. The van der Waals surface area contributed by atoms with Crippen LogP contribution < -0.4 is 10.6 Å². The predicted molar refractivity (Wildman–Crippen MR) is 141 cm³/mol. The molecule has 11 nitrogen and oxygen atoms in total. The molecule has 12 heteroatoms. The van der Waals surface area contributed by atoms with E-state index < -0.39 is 8.60 Å². The van der Waals surface area contributed by atoms with Crippen molar-refractivity contribution in [2.75, 3.05) is 23.7 Å². The average Bonchev–Trinajstić information content (AvgIpc) is 3.55. The summed E-state index contributed by atoms with van der Waals surface area (Å²) < 4.78 is 5.14. The third-order valence-electron chi connectivity index (χ3n) is 6.64. The number of nitrogens with zero attached hydrogens (tertiary/aromatic N) is 4. The summed E-state index contributed by atoms with van der Waals surface area (Å²) in [6.07, 6.45) is 6.47. The van der Waals surface area contributed by atoms with Crippen molar-refractivity contribution in [2.45, 2.75) is 18.9 Å². The molecule has 5 aromatic rings. The Labute approximate surface area is 212 Å². The Morgan fingerprint density at radius 2 is 1.89 bits per heavy atom. The molecule has 6 N–H and O–H groups in total. The molecule has 0 radical (unpaired) electrons. The monoisotopic (exact) mass is 517 g/mol. The summed E-state index contributed by atoms with van der Waals surface area (Å²) >= 11 is 0. The van der Waals surface area contributed by atoms with Gasteiger partial charge >= 0.3 is 8.60 Å². The van der Waals surface area contributed by atoms with Gasteiger partial charge in [-0.25, -0.2) is 9.97 Å². The molecule has 0 saturated carbocycles. The summed E-state index contributed by atoms with van der Waals surface area (Å²) in [7, 11) is -2.35. The molecule has 1 aliphatic rings. The summed E-state index contributed by atoms with van der Waals surface area (Å²) in [6, 6.07) is 10.9. The standard InChI is InChI=1S/C25H24N7O4P/c26-19-2-1-14(11-17(19)18-12-27-13-21-16(18)5-8-28-21)23(33)25-29-20-3-4-22(30-24(20)31-25)32-9-6-15(7-10-32)36-37(34)35/h1-5,8,11-13,15,28,34-35H,6-7,9-10,26H2,(H,29,30,31). The van der Waals surface area contributed by atoms with Crippen LogP contribution in [0.2, 0.25) is 0 Å². The third-order valence-corrected chi connectivity index (χ3v) is 7.12. The smallest absolute Gasteiger partial charge is 0.327 e. The highest BCUT2D eigenvalue weighted by Crippen LogP contribution is 2.33. The van der Waals surface area contributed by atoms with Crippen LogP contribution in [0.15, 0.2) is 55.0 Å². The van der Waals surface area contributed by atoms with E-state index in [2.05, 4.69) is 29.8 Å². The lowest BCUT2D eigenvalue weighted by Gasteiger charge is -2.32. The van der Waals surface area contributed by atoms with Gasteiger partial charge in [-0.05, 0) is 49.2 Å². The lowest BCUT2D eigenvalue weighted by molar-refractivity contribution is 0.103. The van der Waals surface area contributed by atoms with Gasteiger partial charge < -0.3 is 34.9 Å². The number of hydrogen-bond acceptors (Lipinski definition) is 9. The fraction of sp³-hybridized carbons (Fsp3) is 0.200. The van der Waals surface area contributed by atoms with Gasteiger partial charge in [0.1, 0.15) is 5.82 Å². The quantitative estimate of drug-likeness (QED) is 0.129. The van der Waals surface area contributed by atoms with Crippen molar-refractivity contribution >= 4 is 48.0 Å². The molecule has 37 heavy (non-hydrogen) atoms. The zero-order valence-corrected chi connectivity index (χ0v) is 20.5. The second kappa shape index (κ2) is 9.53. The predicted octanol–water partition coefficient (Wildman–Crippen LogP) is 3.51. The molecule has 1 fully saturated rings. The van der Waals surface area contributed by atoms with Crippen molar-refractivity contribution in [3.8, 4) is 11.1 Å². The molecule has 0 atom stereocenters. The zero-order chi connectivity index (χ0) is 25.5. The number of nitrogen functional groups attached to an aromatic ring is 1. The maximum atomic E-state index is 13.4. The van der Waals surface area contributed by atoms with E-state index in [1.807, 2.05) is 24.4 Å². The number of H-pyrrole nitrogens is 2. The number of hydrogen-bond donors (Lipinski definition) is 5. The van der Waals surface area contributed by atoms with Gasteiger partial charge in [0, 0.05) is 53.2 Å². The molecule has 0 bridgehead atoms. The van der Waals surface area contributed by atoms with Gasteiger partial charge in [0.15, 0.2) is 11.5 Å². The number of nitrogens with two attached hydrogens (primary N) is 1. The van der Waals surface area contributed by atoms with Crippen LogP contribution >= 0.6 is 8.60 Å². The zero-order valence-electron chi connectivity index (χ0n) is 19.6. The summed E-state index contributed by atoms with van der Waals surface area (Å²) in [5, 5.41) is 0.968.